The molecule has 1 atom stereocenters. The summed E-state index contributed by atoms with van der Waals surface area (Å²) in [5.74, 6) is 0.0529. The lowest BCUT2D eigenvalue weighted by atomic mass is 10.1. The molecule has 0 aromatic heterocycles. The molecule has 0 aliphatic carbocycles. The number of hydrogen-bond acceptors (Lipinski definition) is 3. The van der Waals surface area contributed by atoms with Crippen molar-refractivity contribution in [2.45, 2.75) is 26.3 Å². The second-order valence-electron chi connectivity index (χ2n) is 5.38. The van der Waals surface area contributed by atoms with Gasteiger partial charge in [0.15, 0.2) is 5.78 Å². The standard InChI is InChI=1S/C15H21ClN2O/c1-11-10-17(3)7-4-8-18(11)15-6-5-13(12(2)19)9-14(15)16/h5-6,9,11H,4,7-8,10H2,1-3H3. The van der Waals surface area contributed by atoms with Gasteiger partial charge in [-0.2, -0.15) is 0 Å². The van der Waals surface area contributed by atoms with Crippen molar-refractivity contribution in [1.29, 1.82) is 0 Å². The van der Waals surface area contributed by atoms with Gasteiger partial charge in [0.2, 0.25) is 0 Å². The summed E-state index contributed by atoms with van der Waals surface area (Å²) in [4.78, 5) is 16.1. The number of benzene rings is 1. The molecule has 1 unspecified atom stereocenters. The van der Waals surface area contributed by atoms with E-state index in [4.69, 9.17) is 11.6 Å². The van der Waals surface area contributed by atoms with Gasteiger partial charge in [0.05, 0.1) is 10.7 Å². The molecule has 1 aromatic rings. The maximum atomic E-state index is 11.4. The average molecular weight is 281 g/mol. The Bertz CT molecular complexity index is 475. The van der Waals surface area contributed by atoms with Gasteiger partial charge in [-0.15, -0.1) is 0 Å². The first kappa shape index (κ1) is 14.4. The fourth-order valence-corrected chi connectivity index (χ4v) is 2.98. The summed E-state index contributed by atoms with van der Waals surface area (Å²) in [5, 5.41) is 0.670. The molecule has 0 bridgehead atoms. The predicted octanol–water partition coefficient (Wildman–Crippen LogP) is 3.07. The molecule has 19 heavy (non-hydrogen) atoms. The van der Waals surface area contributed by atoms with Crippen LogP contribution in [-0.4, -0.2) is 43.4 Å². The number of likely N-dealkylation sites (N-methyl/N-ethyl adjacent to an activating group) is 1. The number of carbonyl (C=O) groups is 1. The van der Waals surface area contributed by atoms with Crippen molar-refractivity contribution in [3.8, 4) is 0 Å². The van der Waals surface area contributed by atoms with E-state index in [1.807, 2.05) is 12.1 Å². The number of ketones is 1. The van der Waals surface area contributed by atoms with E-state index in [0.29, 0.717) is 16.6 Å². The zero-order valence-electron chi connectivity index (χ0n) is 11.8. The molecule has 0 amide bonds. The minimum absolute atomic E-state index is 0.0529. The fraction of sp³-hybridized carbons (Fsp3) is 0.533. The zero-order valence-corrected chi connectivity index (χ0v) is 12.6. The van der Waals surface area contributed by atoms with Crippen LogP contribution in [0.25, 0.3) is 0 Å². The van der Waals surface area contributed by atoms with Crippen LogP contribution in [0.3, 0.4) is 0 Å². The second-order valence-corrected chi connectivity index (χ2v) is 5.79. The number of Topliss-reactive ketones (excluding diaryl/α,β-unsaturated/α-hetero) is 1. The highest BCUT2D eigenvalue weighted by Gasteiger charge is 2.21. The van der Waals surface area contributed by atoms with Crippen LogP contribution in [0, 0.1) is 0 Å². The smallest absolute Gasteiger partial charge is 0.159 e. The first-order chi connectivity index (χ1) is 8.99. The van der Waals surface area contributed by atoms with Gasteiger partial charge in [-0.1, -0.05) is 11.6 Å². The molecule has 1 aliphatic heterocycles. The third kappa shape index (κ3) is 3.28. The zero-order chi connectivity index (χ0) is 14.0. The lowest BCUT2D eigenvalue weighted by Crippen LogP contribution is -2.38. The van der Waals surface area contributed by atoms with Crippen LogP contribution in [0.15, 0.2) is 18.2 Å². The summed E-state index contributed by atoms with van der Waals surface area (Å²) < 4.78 is 0. The highest BCUT2D eigenvalue weighted by atomic mass is 35.5. The molecule has 1 heterocycles. The summed E-state index contributed by atoms with van der Waals surface area (Å²) >= 11 is 6.35. The Hall–Kier alpha value is -1.06. The van der Waals surface area contributed by atoms with Gasteiger partial charge in [-0.3, -0.25) is 4.79 Å². The molecule has 0 radical (unpaired) electrons. The van der Waals surface area contributed by atoms with E-state index in [0.717, 1.165) is 31.7 Å². The molecule has 1 aromatic carbocycles. The molecule has 0 spiro atoms. The Morgan fingerprint density at radius 1 is 1.37 bits per heavy atom. The van der Waals surface area contributed by atoms with E-state index in [1.165, 1.54) is 0 Å². The van der Waals surface area contributed by atoms with Crippen LogP contribution in [0.1, 0.15) is 30.6 Å². The highest BCUT2D eigenvalue weighted by molar-refractivity contribution is 6.33. The number of halogens is 1. The normalized spacial score (nSPS) is 21.3. The first-order valence-corrected chi connectivity index (χ1v) is 7.12. The van der Waals surface area contributed by atoms with Crippen molar-refractivity contribution >= 4 is 23.1 Å². The molecular weight excluding hydrogens is 260 g/mol. The largest absolute Gasteiger partial charge is 0.366 e. The number of hydrogen-bond donors (Lipinski definition) is 0. The van der Waals surface area contributed by atoms with Crippen LogP contribution < -0.4 is 4.90 Å². The van der Waals surface area contributed by atoms with E-state index in [1.54, 1.807) is 13.0 Å². The molecule has 1 aliphatic rings. The lowest BCUT2D eigenvalue weighted by Gasteiger charge is -2.31. The Morgan fingerprint density at radius 3 is 2.74 bits per heavy atom. The summed E-state index contributed by atoms with van der Waals surface area (Å²) in [6.07, 6.45) is 1.13. The monoisotopic (exact) mass is 280 g/mol. The molecule has 1 fully saturated rings. The Kier molecular flexibility index (Phi) is 4.48. The topological polar surface area (TPSA) is 23.6 Å². The van der Waals surface area contributed by atoms with E-state index in [2.05, 4.69) is 23.8 Å². The second kappa shape index (κ2) is 5.93. The van der Waals surface area contributed by atoms with E-state index in [-0.39, 0.29) is 5.78 Å². The van der Waals surface area contributed by atoms with Crippen LogP contribution in [-0.2, 0) is 0 Å². The van der Waals surface area contributed by atoms with Gasteiger partial charge in [0.25, 0.3) is 0 Å². The summed E-state index contributed by atoms with van der Waals surface area (Å²) in [6.45, 7) is 6.94. The van der Waals surface area contributed by atoms with Crippen LogP contribution >= 0.6 is 11.6 Å². The van der Waals surface area contributed by atoms with Gasteiger partial charge in [-0.05, 0) is 52.1 Å². The molecule has 1 saturated heterocycles. The summed E-state index contributed by atoms with van der Waals surface area (Å²) in [5.41, 5.74) is 1.71. The van der Waals surface area contributed by atoms with Crippen molar-refractivity contribution in [2.75, 3.05) is 31.6 Å². The highest BCUT2D eigenvalue weighted by Crippen LogP contribution is 2.29. The van der Waals surface area contributed by atoms with Gasteiger partial charge in [-0.25, -0.2) is 0 Å². The van der Waals surface area contributed by atoms with Gasteiger partial charge in [0, 0.05) is 24.7 Å². The van der Waals surface area contributed by atoms with Gasteiger partial charge < -0.3 is 9.80 Å². The Labute approximate surface area is 120 Å². The van der Waals surface area contributed by atoms with Crippen molar-refractivity contribution in [3.63, 3.8) is 0 Å². The van der Waals surface area contributed by atoms with Crippen LogP contribution in [0.2, 0.25) is 5.02 Å². The fourth-order valence-electron chi connectivity index (χ4n) is 2.69. The summed E-state index contributed by atoms with van der Waals surface area (Å²) in [7, 11) is 2.15. The average Bonchev–Trinajstić information content (AvgIpc) is 2.50. The van der Waals surface area contributed by atoms with Gasteiger partial charge in [0.1, 0.15) is 0 Å². The number of carbonyl (C=O) groups excluding carboxylic acids is 1. The first-order valence-electron chi connectivity index (χ1n) is 6.74. The minimum atomic E-state index is 0.0529. The molecule has 0 N–H and O–H groups in total. The molecule has 2 rings (SSSR count). The van der Waals surface area contributed by atoms with E-state index < -0.39 is 0 Å². The SMILES string of the molecule is CC(=O)c1ccc(N2CCCN(C)CC2C)c(Cl)c1. The van der Waals surface area contributed by atoms with Crippen LogP contribution in [0.4, 0.5) is 5.69 Å². The Morgan fingerprint density at radius 2 is 2.11 bits per heavy atom. The molecule has 104 valence electrons. The van der Waals surface area contributed by atoms with Gasteiger partial charge >= 0.3 is 0 Å². The van der Waals surface area contributed by atoms with Crippen LogP contribution in [0.5, 0.6) is 0 Å². The lowest BCUT2D eigenvalue weighted by molar-refractivity contribution is 0.101. The van der Waals surface area contributed by atoms with Crippen molar-refractivity contribution in [2.24, 2.45) is 0 Å². The van der Waals surface area contributed by atoms with Crippen molar-refractivity contribution in [3.05, 3.63) is 28.8 Å². The van der Waals surface area contributed by atoms with E-state index in [9.17, 15) is 4.79 Å². The van der Waals surface area contributed by atoms with Crippen molar-refractivity contribution in [1.82, 2.24) is 4.90 Å². The Balaban J connectivity index is 2.27. The molecule has 3 nitrogen and oxygen atoms in total. The maximum Gasteiger partial charge on any atom is 0.159 e. The third-order valence-electron chi connectivity index (χ3n) is 3.71. The summed E-state index contributed by atoms with van der Waals surface area (Å²) in [6, 6.07) is 6.04. The quantitative estimate of drug-likeness (QED) is 0.778. The van der Waals surface area contributed by atoms with Crippen molar-refractivity contribution < 1.29 is 4.79 Å². The minimum Gasteiger partial charge on any atom is -0.366 e. The molecule has 4 heteroatoms. The molecule has 0 saturated carbocycles. The number of rotatable bonds is 2. The van der Waals surface area contributed by atoms with E-state index >= 15 is 0 Å². The number of anilines is 1. The number of nitrogens with zero attached hydrogens (tertiary/aromatic N) is 2. The maximum absolute atomic E-state index is 11.4. The molecular formula is C15H21ClN2O. The third-order valence-corrected chi connectivity index (χ3v) is 4.01. The predicted molar refractivity (Wildman–Crippen MR) is 80.4 cm³/mol.